The average molecular weight is 363 g/mol. The van der Waals surface area contributed by atoms with E-state index < -0.39 is 18.0 Å². The summed E-state index contributed by atoms with van der Waals surface area (Å²) >= 11 is 12.3. The standard InChI is InChI=1S/C18H12Cl2O4/c1-10(21)23-17-14(12-8-5-9-13(19)15(12)20)18(22)24-16(17)11-6-3-2-4-7-11/h2-9,16H,1H3. The van der Waals surface area contributed by atoms with Crippen molar-refractivity contribution in [1.29, 1.82) is 0 Å². The lowest BCUT2D eigenvalue weighted by Crippen LogP contribution is -2.07. The number of hydrogen-bond acceptors (Lipinski definition) is 4. The third kappa shape index (κ3) is 3.03. The zero-order valence-electron chi connectivity index (χ0n) is 12.6. The summed E-state index contributed by atoms with van der Waals surface area (Å²) in [4.78, 5) is 24.0. The maximum absolute atomic E-state index is 12.4. The van der Waals surface area contributed by atoms with E-state index in [-0.39, 0.29) is 16.4 Å². The second-order valence-corrected chi connectivity index (χ2v) is 5.92. The van der Waals surface area contributed by atoms with E-state index in [9.17, 15) is 9.59 Å². The Morgan fingerprint density at radius 2 is 1.79 bits per heavy atom. The molecule has 0 bridgehead atoms. The maximum atomic E-state index is 12.4. The van der Waals surface area contributed by atoms with Crippen LogP contribution >= 0.6 is 23.2 Å². The Balaban J connectivity index is 2.19. The molecule has 6 heteroatoms. The molecule has 0 N–H and O–H groups in total. The molecule has 2 aromatic rings. The van der Waals surface area contributed by atoms with Crippen molar-refractivity contribution in [2.24, 2.45) is 0 Å². The topological polar surface area (TPSA) is 52.6 Å². The zero-order valence-corrected chi connectivity index (χ0v) is 14.1. The number of ether oxygens (including phenoxy) is 2. The van der Waals surface area contributed by atoms with Crippen molar-refractivity contribution in [2.75, 3.05) is 0 Å². The molecule has 122 valence electrons. The van der Waals surface area contributed by atoms with Gasteiger partial charge in [0.25, 0.3) is 0 Å². The Kier molecular flexibility index (Phi) is 4.60. The van der Waals surface area contributed by atoms with Crippen LogP contribution < -0.4 is 0 Å². The van der Waals surface area contributed by atoms with E-state index in [4.69, 9.17) is 32.7 Å². The van der Waals surface area contributed by atoms with Gasteiger partial charge in [-0.1, -0.05) is 65.7 Å². The van der Waals surface area contributed by atoms with Gasteiger partial charge in [-0.25, -0.2) is 4.79 Å². The molecule has 0 aliphatic carbocycles. The summed E-state index contributed by atoms with van der Waals surface area (Å²) in [6.07, 6.45) is -0.812. The lowest BCUT2D eigenvalue weighted by Gasteiger charge is -2.13. The first kappa shape index (κ1) is 16.6. The van der Waals surface area contributed by atoms with Crippen LogP contribution in [0.2, 0.25) is 10.0 Å². The summed E-state index contributed by atoms with van der Waals surface area (Å²) in [5.41, 5.74) is 1.16. The number of benzene rings is 2. The minimum absolute atomic E-state index is 0.103. The van der Waals surface area contributed by atoms with Crippen molar-refractivity contribution in [3.05, 3.63) is 75.5 Å². The van der Waals surface area contributed by atoms with Crippen LogP contribution in [0.5, 0.6) is 0 Å². The Bertz CT molecular complexity index is 843. The van der Waals surface area contributed by atoms with E-state index >= 15 is 0 Å². The van der Waals surface area contributed by atoms with Crippen LogP contribution in [0.25, 0.3) is 5.57 Å². The predicted octanol–water partition coefficient (Wildman–Crippen LogP) is 4.57. The van der Waals surface area contributed by atoms with Crippen molar-refractivity contribution in [3.8, 4) is 0 Å². The smallest absolute Gasteiger partial charge is 0.343 e. The number of esters is 2. The molecular formula is C18H12Cl2O4. The number of halogens is 2. The maximum Gasteiger partial charge on any atom is 0.343 e. The summed E-state index contributed by atoms with van der Waals surface area (Å²) in [5.74, 6) is -1.06. The minimum atomic E-state index is -0.812. The highest BCUT2D eigenvalue weighted by molar-refractivity contribution is 6.44. The molecule has 0 saturated carbocycles. The molecule has 0 amide bonds. The lowest BCUT2D eigenvalue weighted by molar-refractivity contribution is -0.143. The molecule has 1 unspecified atom stereocenters. The van der Waals surface area contributed by atoms with Crippen LogP contribution in [-0.2, 0) is 19.1 Å². The molecule has 0 fully saturated rings. The van der Waals surface area contributed by atoms with Crippen molar-refractivity contribution in [1.82, 2.24) is 0 Å². The third-order valence-electron chi connectivity index (χ3n) is 3.49. The number of hydrogen-bond donors (Lipinski definition) is 0. The van der Waals surface area contributed by atoms with Crippen LogP contribution in [0.4, 0.5) is 0 Å². The SMILES string of the molecule is CC(=O)OC1=C(c2cccc(Cl)c2Cl)C(=O)OC1c1ccccc1. The van der Waals surface area contributed by atoms with Crippen LogP contribution in [0.1, 0.15) is 24.2 Å². The Labute approximate surface area is 148 Å². The lowest BCUT2D eigenvalue weighted by atomic mass is 10.0. The molecule has 0 aromatic heterocycles. The van der Waals surface area contributed by atoms with E-state index in [0.717, 1.165) is 0 Å². The molecule has 1 aliphatic rings. The Hall–Kier alpha value is -2.30. The molecule has 1 atom stereocenters. The van der Waals surface area contributed by atoms with Gasteiger partial charge in [-0.2, -0.15) is 0 Å². The molecule has 24 heavy (non-hydrogen) atoms. The number of carbonyl (C=O) groups excluding carboxylic acids is 2. The molecule has 0 saturated heterocycles. The quantitative estimate of drug-likeness (QED) is 0.750. The van der Waals surface area contributed by atoms with Gasteiger partial charge in [0, 0.05) is 18.1 Å². The van der Waals surface area contributed by atoms with Crippen LogP contribution in [0.15, 0.2) is 54.3 Å². The first-order valence-electron chi connectivity index (χ1n) is 7.12. The molecule has 2 aromatic carbocycles. The second-order valence-electron chi connectivity index (χ2n) is 5.13. The van der Waals surface area contributed by atoms with E-state index in [2.05, 4.69) is 0 Å². The van der Waals surface area contributed by atoms with E-state index in [1.54, 1.807) is 42.5 Å². The molecule has 4 nitrogen and oxygen atoms in total. The van der Waals surface area contributed by atoms with Crippen LogP contribution in [-0.4, -0.2) is 11.9 Å². The van der Waals surface area contributed by atoms with E-state index in [1.165, 1.54) is 6.92 Å². The number of rotatable bonds is 3. The fourth-order valence-corrected chi connectivity index (χ4v) is 2.89. The van der Waals surface area contributed by atoms with Gasteiger partial charge in [0.2, 0.25) is 0 Å². The van der Waals surface area contributed by atoms with Crippen LogP contribution in [0, 0.1) is 0 Å². The van der Waals surface area contributed by atoms with Gasteiger partial charge in [-0.15, -0.1) is 0 Å². The van der Waals surface area contributed by atoms with E-state index in [0.29, 0.717) is 16.1 Å². The minimum Gasteiger partial charge on any atom is -0.445 e. The van der Waals surface area contributed by atoms with Crippen molar-refractivity contribution >= 4 is 40.7 Å². The highest BCUT2D eigenvalue weighted by atomic mass is 35.5. The second kappa shape index (κ2) is 6.67. The van der Waals surface area contributed by atoms with Crippen molar-refractivity contribution < 1.29 is 19.1 Å². The Morgan fingerprint density at radius 1 is 1.08 bits per heavy atom. The molecule has 1 aliphatic heterocycles. The van der Waals surface area contributed by atoms with Crippen molar-refractivity contribution in [2.45, 2.75) is 13.0 Å². The zero-order chi connectivity index (χ0) is 17.3. The summed E-state index contributed by atoms with van der Waals surface area (Å²) in [6, 6.07) is 13.9. The number of cyclic esters (lactones) is 1. The van der Waals surface area contributed by atoms with Gasteiger partial charge in [0.1, 0.15) is 5.57 Å². The summed E-state index contributed by atoms with van der Waals surface area (Å²) < 4.78 is 10.7. The van der Waals surface area contributed by atoms with Gasteiger partial charge in [-0.05, 0) is 6.07 Å². The fraction of sp³-hybridized carbons (Fsp3) is 0.111. The van der Waals surface area contributed by atoms with Crippen molar-refractivity contribution in [3.63, 3.8) is 0 Å². The summed E-state index contributed by atoms with van der Waals surface area (Å²) in [7, 11) is 0. The van der Waals surface area contributed by atoms with Crippen LogP contribution in [0.3, 0.4) is 0 Å². The molecule has 0 radical (unpaired) electrons. The summed E-state index contributed by atoms with van der Waals surface area (Å²) in [6.45, 7) is 1.26. The third-order valence-corrected chi connectivity index (χ3v) is 4.31. The summed E-state index contributed by atoms with van der Waals surface area (Å²) in [5, 5.41) is 0.490. The normalized spacial score (nSPS) is 17.0. The number of carbonyl (C=O) groups is 2. The first-order valence-corrected chi connectivity index (χ1v) is 7.87. The highest BCUT2D eigenvalue weighted by Crippen LogP contribution is 2.43. The predicted molar refractivity (Wildman–Crippen MR) is 90.4 cm³/mol. The molecular weight excluding hydrogens is 351 g/mol. The first-order chi connectivity index (χ1) is 11.5. The van der Waals surface area contributed by atoms with Gasteiger partial charge in [-0.3, -0.25) is 4.79 Å². The van der Waals surface area contributed by atoms with Gasteiger partial charge in [0.15, 0.2) is 11.9 Å². The van der Waals surface area contributed by atoms with E-state index in [1.807, 2.05) is 6.07 Å². The largest absolute Gasteiger partial charge is 0.445 e. The van der Waals surface area contributed by atoms with Gasteiger partial charge < -0.3 is 9.47 Å². The van der Waals surface area contributed by atoms with Gasteiger partial charge >= 0.3 is 11.9 Å². The Morgan fingerprint density at radius 3 is 2.46 bits per heavy atom. The van der Waals surface area contributed by atoms with Gasteiger partial charge in [0.05, 0.1) is 10.0 Å². The highest BCUT2D eigenvalue weighted by Gasteiger charge is 2.39. The average Bonchev–Trinajstić information content (AvgIpc) is 2.87. The fourth-order valence-electron chi connectivity index (χ4n) is 2.50. The monoisotopic (exact) mass is 362 g/mol. The molecule has 0 spiro atoms. The molecule has 3 rings (SSSR count). The molecule has 1 heterocycles.